The van der Waals surface area contributed by atoms with Crippen molar-refractivity contribution in [3.63, 3.8) is 0 Å². The van der Waals surface area contributed by atoms with Crippen LogP contribution in [0.15, 0.2) is 53.9 Å². The monoisotopic (exact) mass is 414 g/mol. The molecule has 0 bridgehead atoms. The molecular weight excluding hydrogens is 398 g/mol. The van der Waals surface area contributed by atoms with Crippen LogP contribution in [0.2, 0.25) is 0 Å². The number of ketones is 1. The van der Waals surface area contributed by atoms with Gasteiger partial charge in [0, 0.05) is 17.9 Å². The Kier molecular flexibility index (Phi) is 6.13. The number of aromatic nitrogens is 1. The first-order valence-electron chi connectivity index (χ1n) is 8.47. The summed E-state index contributed by atoms with van der Waals surface area (Å²) in [5.41, 5.74) is 1.11. The highest BCUT2D eigenvalue weighted by Crippen LogP contribution is 2.30. The molecule has 0 fully saturated rings. The summed E-state index contributed by atoms with van der Waals surface area (Å²) in [6.45, 7) is 1.42. The van der Waals surface area contributed by atoms with E-state index in [0.717, 1.165) is 12.1 Å². The van der Waals surface area contributed by atoms with E-state index in [1.807, 2.05) is 0 Å². The minimum Gasteiger partial charge on any atom is -0.497 e. The highest BCUT2D eigenvalue weighted by atomic mass is 32.1. The summed E-state index contributed by atoms with van der Waals surface area (Å²) in [6, 6.07) is 9.90. The van der Waals surface area contributed by atoms with Crippen molar-refractivity contribution in [1.29, 1.82) is 0 Å². The zero-order chi connectivity index (χ0) is 21.0. The van der Waals surface area contributed by atoms with Crippen molar-refractivity contribution >= 4 is 39.9 Å². The van der Waals surface area contributed by atoms with E-state index < -0.39 is 17.4 Å². The van der Waals surface area contributed by atoms with E-state index in [2.05, 4.69) is 4.98 Å². The lowest BCUT2D eigenvalue weighted by Crippen LogP contribution is -2.22. The Morgan fingerprint density at radius 3 is 2.45 bits per heavy atom. The second-order valence-corrected chi connectivity index (χ2v) is 6.77. The molecule has 0 saturated heterocycles. The summed E-state index contributed by atoms with van der Waals surface area (Å²) in [5.74, 6) is -2.15. The van der Waals surface area contributed by atoms with Crippen molar-refractivity contribution < 1.29 is 23.1 Å². The molecule has 29 heavy (non-hydrogen) atoms. The van der Waals surface area contributed by atoms with Gasteiger partial charge in [-0.3, -0.25) is 14.5 Å². The van der Waals surface area contributed by atoms with Crippen LogP contribution >= 0.6 is 11.3 Å². The second-order valence-electron chi connectivity index (χ2n) is 5.93. The Morgan fingerprint density at radius 1 is 1.10 bits per heavy atom. The number of nitrogens with zero attached hydrogens (tertiary/aromatic N) is 2. The van der Waals surface area contributed by atoms with E-state index in [0.29, 0.717) is 22.3 Å². The van der Waals surface area contributed by atoms with Crippen LogP contribution in [0.1, 0.15) is 23.0 Å². The van der Waals surface area contributed by atoms with Gasteiger partial charge in [0.25, 0.3) is 0 Å². The number of carbonyl (C=O) groups excluding carboxylic acids is 2. The standard InChI is InChI=1S/C21H16F2N2O3S/c1-13(26)25(16-5-7-17(28-2)8-6-16)21-24-15(12-29-21)4-10-20(27)14-3-9-18(22)19(23)11-14/h3-12H,1-2H3/b10-4+. The fraction of sp³-hybridized carbons (Fsp3) is 0.0952. The Bertz CT molecular complexity index is 1080. The quantitative estimate of drug-likeness (QED) is 0.420. The van der Waals surface area contributed by atoms with Crippen LogP contribution < -0.4 is 9.64 Å². The molecule has 3 aromatic rings. The van der Waals surface area contributed by atoms with E-state index >= 15 is 0 Å². The molecule has 0 aliphatic rings. The Balaban J connectivity index is 1.80. The van der Waals surface area contributed by atoms with Gasteiger partial charge >= 0.3 is 0 Å². The smallest absolute Gasteiger partial charge is 0.230 e. The summed E-state index contributed by atoms with van der Waals surface area (Å²) in [7, 11) is 1.55. The van der Waals surface area contributed by atoms with Gasteiger partial charge in [-0.15, -0.1) is 11.3 Å². The molecule has 3 rings (SSSR count). The van der Waals surface area contributed by atoms with Crippen LogP contribution in [-0.4, -0.2) is 23.8 Å². The number of allylic oxidation sites excluding steroid dienone is 1. The van der Waals surface area contributed by atoms with E-state index in [-0.39, 0.29) is 11.5 Å². The number of ether oxygens (including phenoxy) is 1. The number of amides is 1. The summed E-state index contributed by atoms with van der Waals surface area (Å²) in [5, 5.41) is 2.12. The molecule has 0 spiro atoms. The Morgan fingerprint density at radius 2 is 1.83 bits per heavy atom. The van der Waals surface area contributed by atoms with E-state index in [9.17, 15) is 18.4 Å². The molecule has 0 radical (unpaired) electrons. The molecular formula is C21H16F2N2O3S. The van der Waals surface area contributed by atoms with Crippen LogP contribution in [-0.2, 0) is 4.79 Å². The van der Waals surface area contributed by atoms with Crippen LogP contribution in [0.5, 0.6) is 5.75 Å². The van der Waals surface area contributed by atoms with Crippen molar-refractivity contribution in [1.82, 2.24) is 4.98 Å². The predicted octanol–water partition coefficient (Wildman–Crippen LogP) is 5.01. The third-order valence-electron chi connectivity index (χ3n) is 3.96. The van der Waals surface area contributed by atoms with Crippen LogP contribution in [0.25, 0.3) is 6.08 Å². The minimum atomic E-state index is -1.09. The van der Waals surface area contributed by atoms with Crippen molar-refractivity contribution in [2.75, 3.05) is 12.0 Å². The molecule has 0 unspecified atom stereocenters. The van der Waals surface area contributed by atoms with Gasteiger partial charge in [-0.1, -0.05) is 0 Å². The lowest BCUT2D eigenvalue weighted by molar-refractivity contribution is -0.115. The summed E-state index contributed by atoms with van der Waals surface area (Å²) >= 11 is 1.23. The second kappa shape index (κ2) is 8.74. The van der Waals surface area contributed by atoms with Gasteiger partial charge in [-0.2, -0.15) is 0 Å². The molecule has 148 valence electrons. The van der Waals surface area contributed by atoms with Crippen LogP contribution in [0.4, 0.5) is 19.6 Å². The van der Waals surface area contributed by atoms with Gasteiger partial charge in [0.05, 0.1) is 18.5 Å². The maximum absolute atomic E-state index is 13.3. The number of halogens is 2. The van der Waals surface area contributed by atoms with E-state index in [1.54, 1.807) is 36.8 Å². The third-order valence-corrected chi connectivity index (χ3v) is 4.80. The summed E-state index contributed by atoms with van der Waals surface area (Å²) in [6.07, 6.45) is 2.67. The summed E-state index contributed by atoms with van der Waals surface area (Å²) < 4.78 is 31.4. The number of anilines is 2. The van der Waals surface area contributed by atoms with Gasteiger partial charge in [-0.05, 0) is 54.6 Å². The largest absolute Gasteiger partial charge is 0.497 e. The van der Waals surface area contributed by atoms with Crippen molar-refractivity contribution in [3.05, 3.63) is 76.8 Å². The fourth-order valence-electron chi connectivity index (χ4n) is 2.52. The van der Waals surface area contributed by atoms with Crippen LogP contribution in [0.3, 0.4) is 0 Å². The highest BCUT2D eigenvalue weighted by Gasteiger charge is 2.17. The van der Waals surface area contributed by atoms with Gasteiger partial charge in [0.15, 0.2) is 22.5 Å². The predicted molar refractivity (Wildman–Crippen MR) is 108 cm³/mol. The molecule has 1 heterocycles. The molecule has 0 aliphatic heterocycles. The SMILES string of the molecule is COc1ccc(N(C(C)=O)c2nc(/C=C/C(=O)c3ccc(F)c(F)c3)cs2)cc1. The van der Waals surface area contributed by atoms with Gasteiger partial charge in [-0.25, -0.2) is 13.8 Å². The lowest BCUT2D eigenvalue weighted by Gasteiger charge is -2.18. The molecule has 0 N–H and O–H groups in total. The first-order valence-corrected chi connectivity index (χ1v) is 9.34. The van der Waals surface area contributed by atoms with E-state index in [1.165, 1.54) is 41.4 Å². The number of thiazole rings is 1. The maximum atomic E-state index is 13.3. The van der Waals surface area contributed by atoms with Crippen LogP contribution in [0, 0.1) is 11.6 Å². The number of carbonyl (C=O) groups is 2. The normalized spacial score (nSPS) is 10.9. The maximum Gasteiger partial charge on any atom is 0.230 e. The number of rotatable bonds is 6. The lowest BCUT2D eigenvalue weighted by atomic mass is 10.1. The van der Waals surface area contributed by atoms with Crippen molar-refractivity contribution in [2.45, 2.75) is 6.92 Å². The van der Waals surface area contributed by atoms with Crippen molar-refractivity contribution in [3.8, 4) is 5.75 Å². The minimum absolute atomic E-state index is 0.0270. The number of hydrogen-bond donors (Lipinski definition) is 0. The van der Waals surface area contributed by atoms with Crippen molar-refractivity contribution in [2.24, 2.45) is 0 Å². The highest BCUT2D eigenvalue weighted by molar-refractivity contribution is 7.14. The molecule has 0 aliphatic carbocycles. The third kappa shape index (κ3) is 4.72. The average molecular weight is 414 g/mol. The van der Waals surface area contributed by atoms with Gasteiger partial charge in [0.1, 0.15) is 5.75 Å². The molecule has 8 heteroatoms. The Hall–Kier alpha value is -3.39. The molecule has 0 atom stereocenters. The molecule has 2 aromatic carbocycles. The zero-order valence-corrected chi connectivity index (χ0v) is 16.4. The van der Waals surface area contributed by atoms with Gasteiger partial charge < -0.3 is 4.74 Å². The first kappa shape index (κ1) is 20.3. The number of hydrogen-bond acceptors (Lipinski definition) is 5. The first-order chi connectivity index (χ1) is 13.9. The molecule has 1 amide bonds. The van der Waals surface area contributed by atoms with Gasteiger partial charge in [0.2, 0.25) is 5.91 Å². The topological polar surface area (TPSA) is 59.5 Å². The molecule has 0 saturated carbocycles. The zero-order valence-electron chi connectivity index (χ0n) is 15.6. The molecule has 1 aromatic heterocycles. The fourth-order valence-corrected chi connectivity index (χ4v) is 3.38. The number of methoxy groups -OCH3 is 1. The average Bonchev–Trinajstić information content (AvgIpc) is 3.17. The number of benzene rings is 2. The Labute approximate surface area is 169 Å². The molecule has 5 nitrogen and oxygen atoms in total. The van der Waals surface area contributed by atoms with E-state index in [4.69, 9.17) is 4.74 Å². The summed E-state index contributed by atoms with van der Waals surface area (Å²) in [4.78, 5) is 30.1.